The van der Waals surface area contributed by atoms with Crippen LogP contribution in [0.2, 0.25) is 0 Å². The van der Waals surface area contributed by atoms with E-state index in [0.29, 0.717) is 6.61 Å². The SMILES string of the molecule is CC.COCC(C)(C)c1ccn[nH]1. The molecule has 1 N–H and O–H groups in total. The monoisotopic (exact) mass is 184 g/mol. The molecule has 3 nitrogen and oxygen atoms in total. The molecular weight excluding hydrogens is 164 g/mol. The Labute approximate surface area is 80.5 Å². The molecule has 0 spiro atoms. The molecule has 1 aromatic heterocycles. The summed E-state index contributed by atoms with van der Waals surface area (Å²) in [6.07, 6.45) is 1.76. The molecule has 0 amide bonds. The van der Waals surface area contributed by atoms with Gasteiger partial charge in [0.2, 0.25) is 0 Å². The van der Waals surface area contributed by atoms with Gasteiger partial charge in [-0.1, -0.05) is 27.7 Å². The summed E-state index contributed by atoms with van der Waals surface area (Å²) in [7, 11) is 1.71. The predicted octanol–water partition coefficient (Wildman–Crippen LogP) is 2.36. The van der Waals surface area contributed by atoms with Crippen molar-refractivity contribution in [2.24, 2.45) is 0 Å². The van der Waals surface area contributed by atoms with Crippen molar-refractivity contribution in [1.82, 2.24) is 10.2 Å². The van der Waals surface area contributed by atoms with Crippen molar-refractivity contribution in [2.45, 2.75) is 33.1 Å². The summed E-state index contributed by atoms with van der Waals surface area (Å²) in [6.45, 7) is 8.93. The molecule has 0 atom stereocenters. The Bertz CT molecular complexity index is 205. The van der Waals surface area contributed by atoms with Crippen LogP contribution in [0.15, 0.2) is 12.3 Å². The number of aromatic nitrogens is 2. The minimum Gasteiger partial charge on any atom is -0.384 e. The third-order valence-corrected chi connectivity index (χ3v) is 1.74. The molecule has 0 aromatic carbocycles. The molecule has 0 radical (unpaired) electrons. The molecule has 0 aliphatic carbocycles. The van der Waals surface area contributed by atoms with Gasteiger partial charge < -0.3 is 4.74 Å². The third kappa shape index (κ3) is 3.59. The van der Waals surface area contributed by atoms with E-state index in [2.05, 4.69) is 24.0 Å². The fourth-order valence-electron chi connectivity index (χ4n) is 1.07. The number of H-pyrrole nitrogens is 1. The lowest BCUT2D eigenvalue weighted by molar-refractivity contribution is 0.144. The summed E-state index contributed by atoms with van der Waals surface area (Å²) < 4.78 is 5.08. The molecule has 0 fully saturated rings. The molecule has 0 aliphatic rings. The van der Waals surface area contributed by atoms with Crippen LogP contribution >= 0.6 is 0 Å². The first-order valence-corrected chi connectivity index (χ1v) is 4.65. The Morgan fingerprint density at radius 3 is 2.46 bits per heavy atom. The lowest BCUT2D eigenvalue weighted by Gasteiger charge is -2.21. The summed E-state index contributed by atoms with van der Waals surface area (Å²) in [6, 6.07) is 1.97. The van der Waals surface area contributed by atoms with Crippen LogP contribution < -0.4 is 0 Å². The van der Waals surface area contributed by atoms with Gasteiger partial charge >= 0.3 is 0 Å². The molecule has 0 saturated heterocycles. The van der Waals surface area contributed by atoms with Crippen molar-refractivity contribution in [1.29, 1.82) is 0 Å². The number of rotatable bonds is 3. The first-order chi connectivity index (χ1) is 6.17. The predicted molar refractivity (Wildman–Crippen MR) is 54.8 cm³/mol. The van der Waals surface area contributed by atoms with Crippen LogP contribution in [0.5, 0.6) is 0 Å². The van der Waals surface area contributed by atoms with Gasteiger partial charge in [-0.2, -0.15) is 5.10 Å². The van der Waals surface area contributed by atoms with Crippen LogP contribution in [0.4, 0.5) is 0 Å². The highest BCUT2D eigenvalue weighted by molar-refractivity contribution is 5.11. The van der Waals surface area contributed by atoms with E-state index in [1.165, 1.54) is 0 Å². The van der Waals surface area contributed by atoms with E-state index in [0.717, 1.165) is 5.69 Å². The van der Waals surface area contributed by atoms with Gasteiger partial charge in [-0.25, -0.2) is 0 Å². The van der Waals surface area contributed by atoms with E-state index < -0.39 is 0 Å². The maximum Gasteiger partial charge on any atom is 0.0568 e. The first-order valence-electron chi connectivity index (χ1n) is 4.65. The zero-order valence-corrected chi connectivity index (χ0v) is 9.22. The number of hydrogen-bond acceptors (Lipinski definition) is 2. The van der Waals surface area contributed by atoms with E-state index in [1.807, 2.05) is 19.9 Å². The molecule has 1 aromatic rings. The Hall–Kier alpha value is -0.830. The van der Waals surface area contributed by atoms with Gasteiger partial charge in [-0.15, -0.1) is 0 Å². The highest BCUT2D eigenvalue weighted by Gasteiger charge is 2.21. The van der Waals surface area contributed by atoms with Gasteiger partial charge in [0.15, 0.2) is 0 Å². The minimum atomic E-state index is 0.0330. The maximum absolute atomic E-state index is 5.08. The Morgan fingerprint density at radius 1 is 1.46 bits per heavy atom. The van der Waals surface area contributed by atoms with Gasteiger partial charge in [0.05, 0.1) is 6.61 Å². The number of nitrogens with zero attached hydrogens (tertiary/aromatic N) is 1. The van der Waals surface area contributed by atoms with E-state index in [-0.39, 0.29) is 5.41 Å². The van der Waals surface area contributed by atoms with Gasteiger partial charge in [0, 0.05) is 24.4 Å². The topological polar surface area (TPSA) is 37.9 Å². The van der Waals surface area contributed by atoms with Crippen LogP contribution in [0.3, 0.4) is 0 Å². The first kappa shape index (κ1) is 12.2. The van der Waals surface area contributed by atoms with E-state index in [1.54, 1.807) is 13.3 Å². The molecule has 0 aliphatic heterocycles. The number of methoxy groups -OCH3 is 1. The van der Waals surface area contributed by atoms with Crippen molar-refractivity contribution >= 4 is 0 Å². The summed E-state index contributed by atoms with van der Waals surface area (Å²) in [4.78, 5) is 0. The quantitative estimate of drug-likeness (QED) is 0.783. The molecule has 1 rings (SSSR count). The second kappa shape index (κ2) is 5.75. The van der Waals surface area contributed by atoms with Crippen LogP contribution in [0.25, 0.3) is 0 Å². The van der Waals surface area contributed by atoms with Crippen LogP contribution in [-0.2, 0) is 10.2 Å². The molecule has 13 heavy (non-hydrogen) atoms. The molecular formula is C10H20N2O. The molecule has 0 bridgehead atoms. The molecule has 76 valence electrons. The fraction of sp³-hybridized carbons (Fsp3) is 0.700. The van der Waals surface area contributed by atoms with Gasteiger partial charge in [0.25, 0.3) is 0 Å². The van der Waals surface area contributed by atoms with E-state index in [4.69, 9.17) is 4.74 Å². The van der Waals surface area contributed by atoms with E-state index >= 15 is 0 Å². The highest BCUT2D eigenvalue weighted by atomic mass is 16.5. The Balaban J connectivity index is 0.000000671. The van der Waals surface area contributed by atoms with Crippen molar-refractivity contribution in [2.75, 3.05) is 13.7 Å². The molecule has 0 unspecified atom stereocenters. The number of ether oxygens (including phenoxy) is 1. The van der Waals surface area contributed by atoms with Crippen LogP contribution in [-0.4, -0.2) is 23.9 Å². The summed E-state index contributed by atoms with van der Waals surface area (Å²) in [5, 5.41) is 6.82. The average molecular weight is 184 g/mol. The smallest absolute Gasteiger partial charge is 0.0568 e. The van der Waals surface area contributed by atoms with Crippen molar-refractivity contribution in [3.63, 3.8) is 0 Å². The van der Waals surface area contributed by atoms with Gasteiger partial charge in [-0.3, -0.25) is 5.10 Å². The second-order valence-electron chi connectivity index (χ2n) is 3.29. The molecule has 1 heterocycles. The largest absolute Gasteiger partial charge is 0.384 e. The Morgan fingerprint density at radius 2 is 2.08 bits per heavy atom. The molecule has 3 heteroatoms. The zero-order chi connectivity index (χ0) is 10.3. The van der Waals surface area contributed by atoms with Crippen LogP contribution in [0, 0.1) is 0 Å². The minimum absolute atomic E-state index is 0.0330. The standard InChI is InChI=1S/C8H14N2O.C2H6/c1-8(2,6-11-3)7-4-5-9-10-7;1-2/h4-5H,6H2,1-3H3,(H,9,10);1-2H3. The van der Waals surface area contributed by atoms with Gasteiger partial charge in [0.1, 0.15) is 0 Å². The number of aromatic amines is 1. The van der Waals surface area contributed by atoms with Crippen LogP contribution in [0.1, 0.15) is 33.4 Å². The van der Waals surface area contributed by atoms with Crippen molar-refractivity contribution in [3.05, 3.63) is 18.0 Å². The normalized spacial score (nSPS) is 10.5. The lowest BCUT2D eigenvalue weighted by atomic mass is 9.91. The Kier molecular flexibility index (Phi) is 5.39. The highest BCUT2D eigenvalue weighted by Crippen LogP contribution is 2.19. The average Bonchev–Trinajstić information content (AvgIpc) is 2.60. The third-order valence-electron chi connectivity index (χ3n) is 1.74. The van der Waals surface area contributed by atoms with Crippen molar-refractivity contribution in [3.8, 4) is 0 Å². The lowest BCUT2D eigenvalue weighted by Crippen LogP contribution is -2.23. The maximum atomic E-state index is 5.08. The molecule has 0 saturated carbocycles. The summed E-state index contributed by atoms with van der Waals surface area (Å²) in [5.74, 6) is 0. The van der Waals surface area contributed by atoms with Gasteiger partial charge in [-0.05, 0) is 6.07 Å². The summed E-state index contributed by atoms with van der Waals surface area (Å²) >= 11 is 0. The zero-order valence-electron chi connectivity index (χ0n) is 9.22. The number of nitrogens with one attached hydrogen (secondary N) is 1. The second-order valence-corrected chi connectivity index (χ2v) is 3.29. The van der Waals surface area contributed by atoms with E-state index in [9.17, 15) is 0 Å². The fourth-order valence-corrected chi connectivity index (χ4v) is 1.07. The van der Waals surface area contributed by atoms with Crippen molar-refractivity contribution < 1.29 is 4.74 Å². The summed E-state index contributed by atoms with van der Waals surface area (Å²) in [5.41, 5.74) is 1.14. The number of hydrogen-bond donors (Lipinski definition) is 1.